The third-order valence-electron chi connectivity index (χ3n) is 9.64. The number of aromatic nitrogens is 2. The number of phenols is 1. The van der Waals surface area contributed by atoms with Crippen molar-refractivity contribution in [2.24, 2.45) is 5.73 Å². The first kappa shape index (κ1) is 40.1. The summed E-state index contributed by atoms with van der Waals surface area (Å²) in [5.74, 6) is 6.32. The lowest BCUT2D eigenvalue weighted by atomic mass is 10.0. The Morgan fingerprint density at radius 1 is 0.898 bits per heavy atom. The molecule has 296 valence electrons. The number of methoxy groups -OCH3 is 1. The van der Waals surface area contributed by atoms with Crippen LogP contribution in [0.15, 0.2) is 130 Å². The zero-order chi connectivity index (χ0) is 41.3. The van der Waals surface area contributed by atoms with Crippen molar-refractivity contribution in [1.82, 2.24) is 15.3 Å². The number of anilines is 3. The number of amides is 2. The van der Waals surface area contributed by atoms with Gasteiger partial charge in [-0.1, -0.05) is 41.8 Å². The van der Waals surface area contributed by atoms with Crippen LogP contribution in [0.25, 0.3) is 21.8 Å². The molecule has 0 saturated heterocycles. The van der Waals surface area contributed by atoms with Crippen LogP contribution >= 0.6 is 11.8 Å². The van der Waals surface area contributed by atoms with Crippen LogP contribution in [0.4, 0.5) is 17.1 Å². The number of benzene rings is 5. The van der Waals surface area contributed by atoms with Gasteiger partial charge < -0.3 is 36.5 Å². The van der Waals surface area contributed by atoms with Gasteiger partial charge in [-0.15, -0.1) is 0 Å². The van der Waals surface area contributed by atoms with Gasteiger partial charge in [0.05, 0.1) is 29.4 Å². The topological polar surface area (TPSA) is 171 Å². The number of hydrogen-bond acceptors (Lipinski definition) is 9. The van der Waals surface area contributed by atoms with Crippen LogP contribution in [0, 0.1) is 18.8 Å². The number of carbonyl (C=O) groups is 2. The predicted octanol–water partition coefficient (Wildman–Crippen LogP) is 8.31. The number of fused-ring (bicyclic) bond motifs is 2. The Hall–Kier alpha value is -7.07. The van der Waals surface area contributed by atoms with Crippen molar-refractivity contribution in [2.45, 2.75) is 36.0 Å². The van der Waals surface area contributed by atoms with Crippen molar-refractivity contribution >= 4 is 62.4 Å². The highest BCUT2D eigenvalue weighted by Crippen LogP contribution is 2.37. The van der Waals surface area contributed by atoms with Crippen LogP contribution in [0.3, 0.4) is 0 Å². The third-order valence-corrected chi connectivity index (χ3v) is 10.6. The number of aromatic hydroxyl groups is 1. The first-order valence-electron chi connectivity index (χ1n) is 19.0. The summed E-state index contributed by atoms with van der Waals surface area (Å²) >= 11 is 1.50. The maximum Gasteiger partial charge on any atom is 0.255 e. The maximum atomic E-state index is 13.3. The highest BCUT2D eigenvalue weighted by molar-refractivity contribution is 7.99. The Kier molecular flexibility index (Phi) is 12.6. The lowest BCUT2D eigenvalue weighted by Gasteiger charge is -2.16. The average Bonchev–Trinajstić information content (AvgIpc) is 3.23. The number of nitrogens with two attached hydrogens (primary N) is 1. The quantitative estimate of drug-likeness (QED) is 0.0468. The van der Waals surface area contributed by atoms with Crippen LogP contribution < -0.4 is 32.0 Å². The van der Waals surface area contributed by atoms with Crippen molar-refractivity contribution < 1.29 is 19.4 Å². The third kappa shape index (κ3) is 9.91. The molecule has 0 spiro atoms. The number of rotatable bonds is 14. The van der Waals surface area contributed by atoms with E-state index in [0.717, 1.165) is 80.8 Å². The number of primary amides is 1. The van der Waals surface area contributed by atoms with E-state index < -0.39 is 5.91 Å². The second-order valence-electron chi connectivity index (χ2n) is 13.8. The van der Waals surface area contributed by atoms with E-state index in [1.54, 1.807) is 25.3 Å². The van der Waals surface area contributed by atoms with Crippen LogP contribution in [-0.2, 0) is 6.42 Å². The smallest absolute Gasteiger partial charge is 0.255 e. The minimum atomic E-state index is -0.599. The molecule has 0 saturated carbocycles. The van der Waals surface area contributed by atoms with Crippen LogP contribution in [0.5, 0.6) is 11.5 Å². The van der Waals surface area contributed by atoms with E-state index in [1.165, 1.54) is 24.0 Å². The molecule has 59 heavy (non-hydrogen) atoms. The van der Waals surface area contributed by atoms with Gasteiger partial charge >= 0.3 is 0 Å². The molecular formula is C47H42N6O5S. The van der Waals surface area contributed by atoms with Gasteiger partial charge in [-0.05, 0) is 123 Å². The molecular weight excluding hydrogens is 761 g/mol. The first-order valence-corrected chi connectivity index (χ1v) is 19.8. The normalized spacial score (nSPS) is 10.9. The minimum Gasteiger partial charge on any atom is -0.506 e. The molecule has 7 N–H and O–H groups in total. The molecule has 7 rings (SSSR count). The predicted molar refractivity (Wildman–Crippen MR) is 235 cm³/mol. The van der Waals surface area contributed by atoms with Gasteiger partial charge in [-0.2, -0.15) is 0 Å². The number of H-pyrrole nitrogens is 1. The fourth-order valence-corrected chi connectivity index (χ4v) is 7.70. The van der Waals surface area contributed by atoms with Gasteiger partial charge in [-0.3, -0.25) is 19.4 Å². The second kappa shape index (κ2) is 18.5. The lowest BCUT2D eigenvalue weighted by Crippen LogP contribution is -2.18. The second-order valence-corrected chi connectivity index (χ2v) is 15.0. The van der Waals surface area contributed by atoms with E-state index in [4.69, 9.17) is 10.5 Å². The lowest BCUT2D eigenvalue weighted by molar-refractivity contribution is 0.0998. The van der Waals surface area contributed by atoms with Crippen molar-refractivity contribution in [3.05, 3.63) is 154 Å². The zero-order valence-electron chi connectivity index (χ0n) is 32.5. The van der Waals surface area contributed by atoms with Gasteiger partial charge in [0, 0.05) is 67.8 Å². The molecule has 5 aromatic carbocycles. The summed E-state index contributed by atoms with van der Waals surface area (Å²) < 4.78 is 5.38. The Bertz CT molecular complexity index is 2810. The molecule has 2 aromatic heterocycles. The van der Waals surface area contributed by atoms with E-state index in [9.17, 15) is 19.5 Å². The first-order chi connectivity index (χ1) is 28.6. The van der Waals surface area contributed by atoms with Crippen molar-refractivity contribution in [3.8, 4) is 23.3 Å². The number of pyridine rings is 2. The van der Waals surface area contributed by atoms with Gasteiger partial charge in [0.2, 0.25) is 5.56 Å². The number of aromatic amines is 1. The summed E-state index contributed by atoms with van der Waals surface area (Å²) in [6.45, 7) is 3.54. The summed E-state index contributed by atoms with van der Waals surface area (Å²) in [5.41, 5.74) is 12.3. The van der Waals surface area contributed by atoms with Crippen molar-refractivity contribution in [1.29, 1.82) is 0 Å². The Balaban J connectivity index is 0.932. The number of phenolic OH excluding ortho intramolecular Hbond substituents is 1. The number of nitrogens with one attached hydrogen (secondary N) is 4. The maximum absolute atomic E-state index is 13.3. The number of hydrogen-bond donors (Lipinski definition) is 6. The summed E-state index contributed by atoms with van der Waals surface area (Å²) in [6, 6.07) is 33.0. The molecule has 0 radical (unpaired) electrons. The zero-order valence-corrected chi connectivity index (χ0v) is 33.3. The molecule has 11 nitrogen and oxygen atoms in total. The van der Waals surface area contributed by atoms with E-state index in [2.05, 4.69) is 37.8 Å². The molecule has 2 amide bonds. The number of ether oxygens (including phenoxy) is 1. The number of nitrogens with zero attached hydrogens (tertiary/aromatic N) is 1. The molecule has 0 atom stereocenters. The van der Waals surface area contributed by atoms with Crippen LogP contribution in [-0.4, -0.2) is 47.1 Å². The van der Waals surface area contributed by atoms with Gasteiger partial charge in [-0.25, -0.2) is 0 Å². The summed E-state index contributed by atoms with van der Waals surface area (Å²) in [7, 11) is 1.60. The summed E-state index contributed by atoms with van der Waals surface area (Å²) in [4.78, 5) is 46.5. The minimum absolute atomic E-state index is 0.0654. The standard InChI is InChI=1S/C47H42N6O5S/c1-29-24-37(27-39-43(29)50-28-40(46(48)56)44(39)51-34-10-7-11-35(26-34)58-2)59-36-12-6-9-32(25-36)47(57)52-33-16-13-30(14-17-33)8-4-3-5-22-49-23-21-31-15-19-41(54)45-38(31)18-20-42(55)53-45/h6-7,9-20,24-28,49,54H,3,5,21-23H2,1-2H3,(H2,48,56)(H,50,51)(H,52,57)(H,53,55). The SMILES string of the molecule is COc1cccc(Nc2c(C(N)=O)cnc3c(C)cc(Sc4cccc(C(=O)Nc5ccc(C#CCCCNCCc6ccc(O)c7[nH]c(=O)ccc67)cc5)c4)cc23)c1. The molecule has 2 heterocycles. The molecule has 0 aliphatic heterocycles. The Morgan fingerprint density at radius 2 is 1.73 bits per heavy atom. The van der Waals surface area contributed by atoms with E-state index in [0.29, 0.717) is 28.2 Å². The Labute approximate surface area is 345 Å². The molecule has 7 aromatic rings. The highest BCUT2D eigenvalue weighted by atomic mass is 32.2. The Morgan fingerprint density at radius 3 is 2.54 bits per heavy atom. The fourth-order valence-electron chi connectivity index (χ4n) is 6.68. The molecule has 0 unspecified atom stereocenters. The highest BCUT2D eigenvalue weighted by Gasteiger charge is 2.17. The average molecular weight is 803 g/mol. The van der Waals surface area contributed by atoms with Crippen LogP contribution in [0.1, 0.15) is 50.2 Å². The van der Waals surface area contributed by atoms with Crippen LogP contribution in [0.2, 0.25) is 0 Å². The number of unbranched alkanes of at least 4 members (excludes halogenated alkanes) is 1. The van der Waals surface area contributed by atoms with Gasteiger partial charge in [0.1, 0.15) is 11.5 Å². The molecule has 12 heteroatoms. The number of aryl methyl sites for hydroxylation is 1. The molecule has 0 bridgehead atoms. The molecule has 0 aliphatic carbocycles. The summed E-state index contributed by atoms with van der Waals surface area (Å²) in [5, 5.41) is 21.5. The van der Waals surface area contributed by atoms with Crippen molar-refractivity contribution in [3.63, 3.8) is 0 Å². The van der Waals surface area contributed by atoms with Gasteiger partial charge in [0.25, 0.3) is 11.8 Å². The van der Waals surface area contributed by atoms with Crippen molar-refractivity contribution in [2.75, 3.05) is 30.8 Å². The van der Waals surface area contributed by atoms with E-state index in [-0.39, 0.29) is 22.8 Å². The molecule has 0 fully saturated rings. The molecule has 0 aliphatic rings. The largest absolute Gasteiger partial charge is 0.506 e. The van der Waals surface area contributed by atoms with Gasteiger partial charge in [0.15, 0.2) is 0 Å². The van der Waals surface area contributed by atoms with E-state index >= 15 is 0 Å². The number of carbonyl (C=O) groups excluding carboxylic acids is 2. The fraction of sp³-hybridized carbons (Fsp3) is 0.149. The van der Waals surface area contributed by atoms with E-state index in [1.807, 2.05) is 91.9 Å². The monoisotopic (exact) mass is 802 g/mol. The summed E-state index contributed by atoms with van der Waals surface area (Å²) in [6.07, 6.45) is 3.88.